The maximum atomic E-state index is 11.9. The zero-order chi connectivity index (χ0) is 14.8. The van der Waals surface area contributed by atoms with Gasteiger partial charge in [-0.25, -0.2) is 4.98 Å². The fourth-order valence-electron chi connectivity index (χ4n) is 2.64. The van der Waals surface area contributed by atoms with Gasteiger partial charge in [0, 0.05) is 50.3 Å². The molecule has 0 radical (unpaired) electrons. The molecule has 1 unspecified atom stereocenters. The zero-order valence-electron chi connectivity index (χ0n) is 11.9. The smallest absolute Gasteiger partial charge is 0.223 e. The highest BCUT2D eigenvalue weighted by Crippen LogP contribution is 2.24. The molecule has 110 valence electrons. The average molecular weight is 303 g/mol. The number of fused-ring (bicyclic) bond motifs is 1. The van der Waals surface area contributed by atoms with Crippen molar-refractivity contribution in [3.05, 3.63) is 36.3 Å². The predicted molar refractivity (Wildman–Crippen MR) is 82.2 cm³/mol. The van der Waals surface area contributed by atoms with E-state index in [4.69, 9.17) is 0 Å². The summed E-state index contributed by atoms with van der Waals surface area (Å²) < 4.78 is 1.98. The summed E-state index contributed by atoms with van der Waals surface area (Å²) in [6.07, 6.45) is 7.03. The van der Waals surface area contributed by atoms with Crippen LogP contribution in [0.5, 0.6) is 0 Å². The van der Waals surface area contributed by atoms with Gasteiger partial charge in [-0.1, -0.05) is 17.8 Å². The molecule has 0 spiro atoms. The molecule has 1 aliphatic heterocycles. The Morgan fingerprint density at radius 1 is 1.48 bits per heavy atom. The number of thioether (sulfide) groups is 1. The summed E-state index contributed by atoms with van der Waals surface area (Å²) in [4.78, 5) is 29.1. The Morgan fingerprint density at radius 2 is 2.33 bits per heavy atom. The molecule has 0 N–H and O–H groups in total. The molecular weight excluding hydrogens is 286 g/mol. The fraction of sp³-hybridized carbons (Fsp3) is 0.400. The van der Waals surface area contributed by atoms with E-state index in [1.807, 2.05) is 33.8 Å². The summed E-state index contributed by atoms with van der Waals surface area (Å²) in [5.41, 5.74) is 2.10. The third kappa shape index (κ3) is 3.26. The van der Waals surface area contributed by atoms with Crippen LogP contribution < -0.4 is 0 Å². The number of aromatic nitrogens is 2. The maximum absolute atomic E-state index is 11.9. The number of amides is 1. The van der Waals surface area contributed by atoms with Crippen molar-refractivity contribution >= 4 is 28.4 Å². The first-order valence-corrected chi connectivity index (χ1v) is 7.86. The van der Waals surface area contributed by atoms with Crippen molar-refractivity contribution in [1.29, 1.82) is 0 Å². The molecule has 1 saturated heterocycles. The molecule has 2 aromatic heterocycles. The van der Waals surface area contributed by atoms with Gasteiger partial charge in [-0.2, -0.15) is 0 Å². The van der Waals surface area contributed by atoms with Gasteiger partial charge in [-0.15, -0.1) is 0 Å². The summed E-state index contributed by atoms with van der Waals surface area (Å²) in [5.74, 6) is 0.150. The topological polar surface area (TPSA) is 54.7 Å². The van der Waals surface area contributed by atoms with Crippen LogP contribution in [-0.2, 0) is 16.0 Å². The Kier molecular flexibility index (Phi) is 3.96. The largest absolute Gasteiger partial charge is 0.341 e. The molecular formula is C15H17N3O2S. The van der Waals surface area contributed by atoms with E-state index in [-0.39, 0.29) is 16.3 Å². The lowest BCUT2D eigenvalue weighted by molar-refractivity contribution is -0.127. The van der Waals surface area contributed by atoms with Crippen LogP contribution in [0.15, 0.2) is 30.7 Å². The molecule has 0 saturated carbocycles. The summed E-state index contributed by atoms with van der Waals surface area (Å²) in [5, 5.41) is 0.200. The molecule has 3 heterocycles. The van der Waals surface area contributed by atoms with Crippen molar-refractivity contribution in [2.75, 3.05) is 13.1 Å². The van der Waals surface area contributed by atoms with Gasteiger partial charge in [-0.05, 0) is 18.1 Å². The second kappa shape index (κ2) is 5.89. The van der Waals surface area contributed by atoms with E-state index in [2.05, 4.69) is 4.98 Å². The highest BCUT2D eigenvalue weighted by molar-refractivity contribution is 8.14. The monoisotopic (exact) mass is 303 g/mol. The summed E-state index contributed by atoms with van der Waals surface area (Å²) in [6.45, 7) is 2.93. The minimum absolute atomic E-state index is 0.0835. The third-order valence-corrected chi connectivity index (χ3v) is 4.61. The van der Waals surface area contributed by atoms with E-state index in [0.717, 1.165) is 12.1 Å². The second-order valence-corrected chi connectivity index (χ2v) is 6.73. The lowest BCUT2D eigenvalue weighted by atomic mass is 10.2. The quantitative estimate of drug-likeness (QED) is 0.863. The third-order valence-electron chi connectivity index (χ3n) is 3.63. The van der Waals surface area contributed by atoms with Gasteiger partial charge in [-0.3, -0.25) is 9.59 Å². The number of hydrogen-bond acceptors (Lipinski definition) is 4. The van der Waals surface area contributed by atoms with E-state index < -0.39 is 0 Å². The number of likely N-dealkylation sites (tertiary alicyclic amines) is 1. The van der Waals surface area contributed by atoms with Crippen LogP contribution in [0, 0.1) is 0 Å². The summed E-state index contributed by atoms with van der Waals surface area (Å²) >= 11 is 1.28. The van der Waals surface area contributed by atoms with Crippen molar-refractivity contribution in [2.24, 2.45) is 0 Å². The van der Waals surface area contributed by atoms with Crippen LogP contribution in [0.25, 0.3) is 5.65 Å². The van der Waals surface area contributed by atoms with Gasteiger partial charge < -0.3 is 9.30 Å². The van der Waals surface area contributed by atoms with Crippen LogP contribution in [0.3, 0.4) is 0 Å². The lowest BCUT2D eigenvalue weighted by Gasteiger charge is -2.16. The van der Waals surface area contributed by atoms with Gasteiger partial charge in [0.1, 0.15) is 5.65 Å². The highest BCUT2D eigenvalue weighted by Gasteiger charge is 2.30. The Balaban J connectivity index is 1.59. The standard InChI is InChI=1S/C15H17N3O2S/c1-11(19)21-13-8-15(20)18(10-13)6-4-12-2-3-14-16-5-7-17(14)9-12/h2-3,5,7,9,13H,4,6,8,10H2,1H3. The molecule has 0 aliphatic carbocycles. The maximum Gasteiger partial charge on any atom is 0.223 e. The molecule has 5 nitrogen and oxygen atoms in total. The minimum Gasteiger partial charge on any atom is -0.341 e. The molecule has 1 aliphatic rings. The molecule has 2 aromatic rings. The Hall–Kier alpha value is -1.82. The Labute approximate surface area is 127 Å². The highest BCUT2D eigenvalue weighted by atomic mass is 32.2. The van der Waals surface area contributed by atoms with E-state index in [9.17, 15) is 9.59 Å². The summed E-state index contributed by atoms with van der Waals surface area (Å²) in [6, 6.07) is 4.03. The molecule has 0 bridgehead atoms. The van der Waals surface area contributed by atoms with E-state index >= 15 is 0 Å². The van der Waals surface area contributed by atoms with Crippen LogP contribution in [-0.4, -0.2) is 43.6 Å². The van der Waals surface area contributed by atoms with Crippen molar-refractivity contribution in [1.82, 2.24) is 14.3 Å². The number of pyridine rings is 1. The van der Waals surface area contributed by atoms with Crippen LogP contribution in [0.4, 0.5) is 0 Å². The van der Waals surface area contributed by atoms with Gasteiger partial charge in [0.2, 0.25) is 5.91 Å². The molecule has 3 rings (SSSR count). The number of imidazole rings is 1. The molecule has 1 amide bonds. The second-order valence-electron chi connectivity index (χ2n) is 5.26. The van der Waals surface area contributed by atoms with Crippen LogP contribution >= 0.6 is 11.8 Å². The van der Waals surface area contributed by atoms with Crippen LogP contribution in [0.1, 0.15) is 18.9 Å². The Morgan fingerprint density at radius 3 is 3.14 bits per heavy atom. The summed E-state index contributed by atoms with van der Waals surface area (Å²) in [7, 11) is 0. The molecule has 0 aromatic carbocycles. The van der Waals surface area contributed by atoms with Gasteiger partial charge in [0.25, 0.3) is 0 Å². The predicted octanol–water partition coefficient (Wildman–Crippen LogP) is 1.76. The number of nitrogens with zero attached hydrogens (tertiary/aromatic N) is 3. The fourth-order valence-corrected chi connectivity index (χ4v) is 3.59. The molecule has 1 atom stereocenters. The molecule has 1 fully saturated rings. The number of carbonyl (C=O) groups is 2. The van der Waals surface area contributed by atoms with E-state index in [0.29, 0.717) is 19.5 Å². The zero-order valence-corrected chi connectivity index (χ0v) is 12.7. The SMILES string of the molecule is CC(=O)SC1CC(=O)N(CCc2ccc3nccn3c2)C1. The van der Waals surface area contributed by atoms with Crippen molar-refractivity contribution in [2.45, 2.75) is 25.0 Å². The average Bonchev–Trinajstić information content (AvgIpc) is 3.01. The molecule has 6 heteroatoms. The van der Waals surface area contributed by atoms with Crippen molar-refractivity contribution in [3.8, 4) is 0 Å². The lowest BCUT2D eigenvalue weighted by Crippen LogP contribution is -2.28. The molecule has 21 heavy (non-hydrogen) atoms. The first kappa shape index (κ1) is 14.1. The number of carbonyl (C=O) groups excluding carboxylic acids is 2. The van der Waals surface area contributed by atoms with Crippen LogP contribution in [0.2, 0.25) is 0 Å². The number of rotatable bonds is 4. The van der Waals surface area contributed by atoms with Gasteiger partial charge in [0.05, 0.1) is 0 Å². The Bertz CT molecular complexity index is 682. The van der Waals surface area contributed by atoms with Crippen molar-refractivity contribution in [3.63, 3.8) is 0 Å². The van der Waals surface area contributed by atoms with E-state index in [1.54, 1.807) is 13.1 Å². The number of hydrogen-bond donors (Lipinski definition) is 0. The minimum atomic E-state index is 0.0835. The van der Waals surface area contributed by atoms with E-state index in [1.165, 1.54) is 17.3 Å². The normalized spacial score (nSPS) is 18.6. The van der Waals surface area contributed by atoms with Gasteiger partial charge >= 0.3 is 0 Å². The first-order valence-electron chi connectivity index (χ1n) is 6.98. The first-order chi connectivity index (χ1) is 10.1. The van der Waals surface area contributed by atoms with Gasteiger partial charge in [0.15, 0.2) is 5.12 Å². The van der Waals surface area contributed by atoms with Crippen molar-refractivity contribution < 1.29 is 9.59 Å².